The minimum atomic E-state index is 0.283. The fraction of sp³-hybridized carbons (Fsp3) is 0.682. The predicted octanol–water partition coefficient (Wildman–Crippen LogP) is 4.54. The zero-order valence-electron chi connectivity index (χ0n) is 15.9. The summed E-state index contributed by atoms with van der Waals surface area (Å²) in [5.41, 5.74) is 1.42. The van der Waals surface area contributed by atoms with Crippen LogP contribution in [0.4, 0.5) is 0 Å². The summed E-state index contributed by atoms with van der Waals surface area (Å²) in [6, 6.07) is 11.8. The molecule has 2 fully saturated rings. The molecule has 0 spiro atoms. The molecule has 1 amide bonds. The normalized spacial score (nSPS) is 26.4. The van der Waals surface area contributed by atoms with Gasteiger partial charge in [-0.05, 0) is 64.1 Å². The van der Waals surface area contributed by atoms with Crippen LogP contribution in [0.15, 0.2) is 30.3 Å². The number of carbonyl (C=O) groups excluding carboxylic acids is 1. The van der Waals surface area contributed by atoms with E-state index in [0.29, 0.717) is 23.9 Å². The Kier molecular flexibility index (Phi) is 6.52. The zero-order chi connectivity index (χ0) is 17.6. The van der Waals surface area contributed by atoms with Gasteiger partial charge in [-0.25, -0.2) is 0 Å². The molecule has 25 heavy (non-hydrogen) atoms. The van der Waals surface area contributed by atoms with Gasteiger partial charge < -0.3 is 10.2 Å². The van der Waals surface area contributed by atoms with Gasteiger partial charge in [0.05, 0.1) is 0 Å². The number of nitrogens with one attached hydrogen (secondary N) is 1. The molecule has 1 N–H and O–H groups in total. The maximum atomic E-state index is 12.5. The topological polar surface area (TPSA) is 32.3 Å². The highest BCUT2D eigenvalue weighted by molar-refractivity contribution is 5.79. The first-order valence-electron chi connectivity index (χ1n) is 10.2. The molecular weight excluding hydrogens is 308 g/mol. The van der Waals surface area contributed by atoms with Crippen molar-refractivity contribution < 1.29 is 4.79 Å². The molecule has 1 atom stereocenters. The summed E-state index contributed by atoms with van der Waals surface area (Å²) in [5, 5.41) is 3.36. The number of rotatable bonds is 5. The quantitative estimate of drug-likeness (QED) is 0.852. The van der Waals surface area contributed by atoms with Crippen LogP contribution in [-0.4, -0.2) is 30.9 Å². The highest BCUT2D eigenvalue weighted by Crippen LogP contribution is 2.37. The molecule has 0 aromatic heterocycles. The third-order valence-corrected chi connectivity index (χ3v) is 6.24. The van der Waals surface area contributed by atoms with Crippen molar-refractivity contribution >= 4 is 5.91 Å². The average Bonchev–Trinajstić information content (AvgIpc) is 2.65. The lowest BCUT2D eigenvalue weighted by molar-refractivity contribution is -0.127. The number of nitrogens with zero attached hydrogens (tertiary/aromatic N) is 1. The lowest BCUT2D eigenvalue weighted by atomic mass is 9.78. The van der Waals surface area contributed by atoms with Crippen molar-refractivity contribution in [1.82, 2.24) is 10.2 Å². The lowest BCUT2D eigenvalue weighted by Gasteiger charge is -2.38. The summed E-state index contributed by atoms with van der Waals surface area (Å²) < 4.78 is 0. The number of hydrogen-bond donors (Lipinski definition) is 1. The van der Waals surface area contributed by atoms with E-state index in [1.54, 1.807) is 0 Å². The fourth-order valence-electron chi connectivity index (χ4n) is 4.91. The smallest absolute Gasteiger partial charge is 0.223 e. The Labute approximate surface area is 153 Å². The third-order valence-electron chi connectivity index (χ3n) is 6.24. The van der Waals surface area contributed by atoms with Crippen molar-refractivity contribution in [2.45, 2.75) is 69.9 Å². The first kappa shape index (κ1) is 18.4. The van der Waals surface area contributed by atoms with E-state index in [1.807, 2.05) is 0 Å². The summed E-state index contributed by atoms with van der Waals surface area (Å²) in [6.45, 7) is 0. The standard InChI is InChI=1S/C22H34N2O/c1-24(2)21(17-9-5-3-6-10-17)18-13-15-20(16-14-18)23-22(25)19-11-7-4-8-12-19/h3,5-6,9-10,18-21H,4,7-8,11-16H2,1-2H3,(H,23,25). The Morgan fingerprint density at radius 3 is 2.20 bits per heavy atom. The maximum Gasteiger partial charge on any atom is 0.223 e. The number of carbonyl (C=O) groups is 1. The number of amides is 1. The second-order valence-electron chi connectivity index (χ2n) is 8.27. The average molecular weight is 343 g/mol. The molecule has 2 aliphatic rings. The highest BCUT2D eigenvalue weighted by Gasteiger charge is 2.31. The van der Waals surface area contributed by atoms with Crippen LogP contribution in [0.2, 0.25) is 0 Å². The molecule has 138 valence electrons. The fourth-order valence-corrected chi connectivity index (χ4v) is 4.91. The molecule has 2 aliphatic carbocycles. The minimum Gasteiger partial charge on any atom is -0.353 e. The molecule has 0 heterocycles. The molecule has 1 aromatic carbocycles. The van der Waals surface area contributed by atoms with Gasteiger partial charge in [0.1, 0.15) is 0 Å². The molecule has 3 rings (SSSR count). The van der Waals surface area contributed by atoms with Gasteiger partial charge in [0.15, 0.2) is 0 Å². The number of hydrogen-bond acceptors (Lipinski definition) is 2. The van der Waals surface area contributed by atoms with Crippen molar-refractivity contribution in [2.75, 3.05) is 14.1 Å². The molecule has 2 saturated carbocycles. The van der Waals surface area contributed by atoms with Crippen molar-refractivity contribution in [3.05, 3.63) is 35.9 Å². The summed E-state index contributed by atoms with van der Waals surface area (Å²) in [7, 11) is 4.38. The second kappa shape index (κ2) is 8.84. The Balaban J connectivity index is 1.53. The van der Waals surface area contributed by atoms with Crippen LogP contribution < -0.4 is 5.32 Å². The SMILES string of the molecule is CN(C)C(c1ccccc1)C1CCC(NC(=O)C2CCCCC2)CC1. The molecule has 0 aliphatic heterocycles. The monoisotopic (exact) mass is 342 g/mol. The van der Waals surface area contributed by atoms with E-state index in [1.165, 1.54) is 37.7 Å². The molecule has 0 radical (unpaired) electrons. The summed E-state index contributed by atoms with van der Waals surface area (Å²) in [4.78, 5) is 14.9. The zero-order valence-corrected chi connectivity index (χ0v) is 15.9. The summed E-state index contributed by atoms with van der Waals surface area (Å²) >= 11 is 0. The molecule has 0 bridgehead atoms. The van der Waals surface area contributed by atoms with Crippen LogP contribution in [0.3, 0.4) is 0 Å². The second-order valence-corrected chi connectivity index (χ2v) is 8.27. The third kappa shape index (κ3) is 4.84. The Hall–Kier alpha value is -1.35. The van der Waals surface area contributed by atoms with E-state index in [9.17, 15) is 4.79 Å². The van der Waals surface area contributed by atoms with E-state index in [0.717, 1.165) is 25.7 Å². The first-order valence-corrected chi connectivity index (χ1v) is 10.2. The predicted molar refractivity (Wildman–Crippen MR) is 103 cm³/mol. The van der Waals surface area contributed by atoms with E-state index in [4.69, 9.17) is 0 Å². The van der Waals surface area contributed by atoms with Gasteiger partial charge in [-0.3, -0.25) is 4.79 Å². The van der Waals surface area contributed by atoms with Crippen LogP contribution in [0, 0.1) is 11.8 Å². The molecule has 3 heteroatoms. The Morgan fingerprint density at radius 1 is 0.960 bits per heavy atom. The van der Waals surface area contributed by atoms with Gasteiger partial charge in [0.25, 0.3) is 0 Å². The van der Waals surface area contributed by atoms with E-state index in [-0.39, 0.29) is 5.92 Å². The van der Waals surface area contributed by atoms with Crippen LogP contribution >= 0.6 is 0 Å². The summed E-state index contributed by atoms with van der Waals surface area (Å²) in [5.74, 6) is 1.29. The first-order chi connectivity index (χ1) is 12.1. The molecule has 3 nitrogen and oxygen atoms in total. The Morgan fingerprint density at radius 2 is 1.60 bits per heavy atom. The van der Waals surface area contributed by atoms with E-state index in [2.05, 4.69) is 54.6 Å². The van der Waals surface area contributed by atoms with Gasteiger partial charge in [0.2, 0.25) is 5.91 Å². The van der Waals surface area contributed by atoms with Crippen molar-refractivity contribution in [3.63, 3.8) is 0 Å². The van der Waals surface area contributed by atoms with Gasteiger partial charge in [-0.1, -0.05) is 49.6 Å². The highest BCUT2D eigenvalue weighted by atomic mass is 16.1. The van der Waals surface area contributed by atoms with Crippen molar-refractivity contribution in [1.29, 1.82) is 0 Å². The largest absolute Gasteiger partial charge is 0.353 e. The molecule has 1 aromatic rings. The Bertz CT molecular complexity index is 528. The lowest BCUT2D eigenvalue weighted by Crippen LogP contribution is -2.42. The van der Waals surface area contributed by atoms with Gasteiger partial charge in [-0.2, -0.15) is 0 Å². The van der Waals surface area contributed by atoms with Gasteiger partial charge >= 0.3 is 0 Å². The summed E-state index contributed by atoms with van der Waals surface area (Å²) in [6.07, 6.45) is 10.6. The van der Waals surface area contributed by atoms with Crippen molar-refractivity contribution in [2.24, 2.45) is 11.8 Å². The van der Waals surface area contributed by atoms with Crippen LogP contribution in [-0.2, 0) is 4.79 Å². The van der Waals surface area contributed by atoms with Crippen molar-refractivity contribution in [3.8, 4) is 0 Å². The van der Waals surface area contributed by atoms with Gasteiger partial charge in [-0.15, -0.1) is 0 Å². The molecular formula is C22H34N2O. The van der Waals surface area contributed by atoms with Crippen LogP contribution in [0.1, 0.15) is 69.4 Å². The van der Waals surface area contributed by atoms with Gasteiger partial charge in [0, 0.05) is 18.0 Å². The molecule has 1 unspecified atom stereocenters. The van der Waals surface area contributed by atoms with Crippen LogP contribution in [0.5, 0.6) is 0 Å². The maximum absolute atomic E-state index is 12.5. The number of benzene rings is 1. The van der Waals surface area contributed by atoms with Crippen LogP contribution in [0.25, 0.3) is 0 Å². The van der Waals surface area contributed by atoms with E-state index < -0.39 is 0 Å². The minimum absolute atomic E-state index is 0.283. The van der Waals surface area contributed by atoms with E-state index >= 15 is 0 Å². The molecule has 0 saturated heterocycles.